The van der Waals surface area contributed by atoms with Crippen LogP contribution < -0.4 is 10.6 Å². The van der Waals surface area contributed by atoms with E-state index in [1.54, 1.807) is 14.0 Å². The second-order valence-corrected chi connectivity index (χ2v) is 3.43. The zero-order valence-corrected chi connectivity index (χ0v) is 9.87. The highest BCUT2D eigenvalue weighted by Gasteiger charge is 2.11. The molecule has 94 valence electrons. The van der Waals surface area contributed by atoms with Crippen molar-refractivity contribution in [2.24, 2.45) is 0 Å². The number of methoxy groups -OCH3 is 1. The van der Waals surface area contributed by atoms with Crippen LogP contribution in [0.25, 0.3) is 0 Å². The fourth-order valence-corrected chi connectivity index (χ4v) is 1.19. The number of nitrogens with zero attached hydrogens (tertiary/aromatic N) is 1. The molecule has 0 aliphatic carbocycles. The van der Waals surface area contributed by atoms with Crippen LogP contribution in [-0.4, -0.2) is 48.8 Å². The Labute approximate surface area is 98.9 Å². The number of aromatic amines is 1. The van der Waals surface area contributed by atoms with Gasteiger partial charge in [0, 0.05) is 19.3 Å². The van der Waals surface area contributed by atoms with Gasteiger partial charge < -0.3 is 15.4 Å². The average molecular weight is 240 g/mol. The summed E-state index contributed by atoms with van der Waals surface area (Å²) in [6.45, 7) is 2.55. The van der Waals surface area contributed by atoms with Gasteiger partial charge in [0.25, 0.3) is 5.91 Å². The maximum Gasteiger partial charge on any atom is 0.255 e. The van der Waals surface area contributed by atoms with Crippen molar-refractivity contribution in [2.75, 3.05) is 26.8 Å². The molecule has 1 aromatic heterocycles. The van der Waals surface area contributed by atoms with E-state index in [4.69, 9.17) is 4.74 Å². The van der Waals surface area contributed by atoms with Gasteiger partial charge in [-0.25, -0.2) is 0 Å². The molecule has 0 spiro atoms. The number of hydrogen-bond donors (Lipinski definition) is 3. The number of hydrogen-bond acceptors (Lipinski definition) is 4. The van der Waals surface area contributed by atoms with Crippen molar-refractivity contribution in [3.63, 3.8) is 0 Å². The number of H-pyrrole nitrogens is 1. The van der Waals surface area contributed by atoms with Gasteiger partial charge in [0.05, 0.1) is 24.9 Å². The number of aryl methyl sites for hydroxylation is 1. The molecule has 1 heterocycles. The van der Waals surface area contributed by atoms with Crippen LogP contribution in [0, 0.1) is 6.92 Å². The molecule has 0 saturated heterocycles. The van der Waals surface area contributed by atoms with Gasteiger partial charge in [-0.3, -0.25) is 14.7 Å². The molecule has 0 atom stereocenters. The minimum absolute atomic E-state index is 0.0623. The number of rotatable bonds is 6. The minimum atomic E-state index is -0.321. The Hall–Kier alpha value is -1.89. The highest BCUT2D eigenvalue weighted by atomic mass is 16.5. The molecule has 2 amide bonds. The van der Waals surface area contributed by atoms with Crippen LogP contribution in [0.3, 0.4) is 0 Å². The van der Waals surface area contributed by atoms with E-state index in [1.165, 1.54) is 6.20 Å². The molecule has 7 heteroatoms. The van der Waals surface area contributed by atoms with Gasteiger partial charge in [0.2, 0.25) is 5.91 Å². The molecule has 0 bridgehead atoms. The number of ether oxygens (including phenoxy) is 1. The molecular formula is C10H16N4O3. The van der Waals surface area contributed by atoms with Gasteiger partial charge in [-0.1, -0.05) is 0 Å². The summed E-state index contributed by atoms with van der Waals surface area (Å²) in [6.07, 6.45) is 1.42. The Bertz CT molecular complexity index is 389. The molecule has 0 aliphatic heterocycles. The SMILES string of the molecule is COCCNC(=O)CNC(=O)c1cn[nH]c1C. The van der Waals surface area contributed by atoms with E-state index in [0.717, 1.165) is 0 Å². The van der Waals surface area contributed by atoms with E-state index in [2.05, 4.69) is 20.8 Å². The summed E-state index contributed by atoms with van der Waals surface area (Å²) in [7, 11) is 1.55. The lowest BCUT2D eigenvalue weighted by Gasteiger charge is -2.05. The van der Waals surface area contributed by atoms with Crippen LogP contribution >= 0.6 is 0 Å². The van der Waals surface area contributed by atoms with E-state index in [1.807, 2.05) is 0 Å². The maximum atomic E-state index is 11.6. The third kappa shape index (κ3) is 4.23. The highest BCUT2D eigenvalue weighted by Crippen LogP contribution is 2.00. The van der Waals surface area contributed by atoms with Crippen molar-refractivity contribution in [3.05, 3.63) is 17.5 Å². The molecule has 1 aromatic rings. The second-order valence-electron chi connectivity index (χ2n) is 3.43. The summed E-state index contributed by atoms with van der Waals surface area (Å²) in [5.41, 5.74) is 1.11. The van der Waals surface area contributed by atoms with Crippen LogP contribution in [-0.2, 0) is 9.53 Å². The summed E-state index contributed by atoms with van der Waals surface area (Å²) in [5.74, 6) is -0.574. The number of nitrogens with one attached hydrogen (secondary N) is 3. The Morgan fingerprint density at radius 3 is 2.82 bits per heavy atom. The van der Waals surface area contributed by atoms with Crippen molar-refractivity contribution < 1.29 is 14.3 Å². The van der Waals surface area contributed by atoms with E-state index in [0.29, 0.717) is 24.4 Å². The number of carbonyl (C=O) groups excluding carboxylic acids is 2. The zero-order chi connectivity index (χ0) is 12.7. The van der Waals surface area contributed by atoms with Crippen molar-refractivity contribution in [1.29, 1.82) is 0 Å². The molecule has 0 fully saturated rings. The summed E-state index contributed by atoms with van der Waals surface area (Å²) < 4.78 is 4.78. The van der Waals surface area contributed by atoms with Crippen LogP contribution in [0.2, 0.25) is 0 Å². The fraction of sp³-hybridized carbons (Fsp3) is 0.500. The molecule has 3 N–H and O–H groups in total. The van der Waals surface area contributed by atoms with Gasteiger partial charge in [-0.15, -0.1) is 0 Å². The minimum Gasteiger partial charge on any atom is -0.383 e. The molecule has 0 aliphatic rings. The van der Waals surface area contributed by atoms with Gasteiger partial charge in [0.1, 0.15) is 0 Å². The molecule has 0 saturated carbocycles. The summed E-state index contributed by atoms with van der Waals surface area (Å²) >= 11 is 0. The lowest BCUT2D eigenvalue weighted by Crippen LogP contribution is -2.38. The predicted octanol–water partition coefficient (Wildman–Crippen LogP) is -0.789. The largest absolute Gasteiger partial charge is 0.383 e. The molecule has 0 radical (unpaired) electrons. The van der Waals surface area contributed by atoms with Gasteiger partial charge >= 0.3 is 0 Å². The Morgan fingerprint density at radius 2 is 2.24 bits per heavy atom. The normalized spacial score (nSPS) is 10.0. The van der Waals surface area contributed by atoms with Gasteiger partial charge in [-0.05, 0) is 6.92 Å². The van der Waals surface area contributed by atoms with Crippen molar-refractivity contribution in [2.45, 2.75) is 6.92 Å². The summed E-state index contributed by atoms with van der Waals surface area (Å²) in [5, 5.41) is 11.5. The quantitative estimate of drug-likeness (QED) is 0.568. The first-order chi connectivity index (χ1) is 8.15. The molecular weight excluding hydrogens is 224 g/mol. The lowest BCUT2D eigenvalue weighted by atomic mass is 10.2. The summed E-state index contributed by atoms with van der Waals surface area (Å²) in [4.78, 5) is 22.9. The molecule has 0 unspecified atom stereocenters. The fourth-order valence-electron chi connectivity index (χ4n) is 1.19. The van der Waals surface area contributed by atoms with Crippen molar-refractivity contribution in [3.8, 4) is 0 Å². The maximum absolute atomic E-state index is 11.6. The first kappa shape index (κ1) is 13.2. The van der Waals surface area contributed by atoms with Crippen LogP contribution in [0.15, 0.2) is 6.20 Å². The van der Waals surface area contributed by atoms with Crippen LogP contribution in [0.5, 0.6) is 0 Å². The van der Waals surface area contributed by atoms with Crippen molar-refractivity contribution in [1.82, 2.24) is 20.8 Å². The second kappa shape index (κ2) is 6.64. The van der Waals surface area contributed by atoms with E-state index >= 15 is 0 Å². The Kier molecular flexibility index (Phi) is 5.15. The van der Waals surface area contributed by atoms with Gasteiger partial charge in [0.15, 0.2) is 0 Å². The number of aromatic nitrogens is 2. The van der Waals surface area contributed by atoms with Crippen molar-refractivity contribution >= 4 is 11.8 Å². The van der Waals surface area contributed by atoms with Crippen LogP contribution in [0.4, 0.5) is 0 Å². The monoisotopic (exact) mass is 240 g/mol. The van der Waals surface area contributed by atoms with E-state index in [9.17, 15) is 9.59 Å². The molecule has 17 heavy (non-hydrogen) atoms. The number of carbonyl (C=O) groups is 2. The Morgan fingerprint density at radius 1 is 1.47 bits per heavy atom. The topological polar surface area (TPSA) is 96.1 Å². The zero-order valence-electron chi connectivity index (χ0n) is 9.87. The smallest absolute Gasteiger partial charge is 0.255 e. The molecule has 0 aromatic carbocycles. The third-order valence-corrected chi connectivity index (χ3v) is 2.11. The summed E-state index contributed by atoms with van der Waals surface area (Å²) in [6, 6.07) is 0. The number of amides is 2. The highest BCUT2D eigenvalue weighted by molar-refractivity contribution is 5.97. The van der Waals surface area contributed by atoms with Crippen LogP contribution in [0.1, 0.15) is 16.1 Å². The lowest BCUT2D eigenvalue weighted by molar-refractivity contribution is -0.120. The average Bonchev–Trinajstić information content (AvgIpc) is 2.73. The first-order valence-electron chi connectivity index (χ1n) is 5.19. The first-order valence-corrected chi connectivity index (χ1v) is 5.19. The van der Waals surface area contributed by atoms with Gasteiger partial charge in [-0.2, -0.15) is 5.10 Å². The molecule has 1 rings (SSSR count). The molecule has 7 nitrogen and oxygen atoms in total. The standard InChI is InChI=1S/C10H16N4O3/c1-7-8(5-13-14-7)10(16)12-6-9(15)11-3-4-17-2/h5H,3-4,6H2,1-2H3,(H,11,15)(H,12,16)(H,13,14). The third-order valence-electron chi connectivity index (χ3n) is 2.11. The predicted molar refractivity (Wildman–Crippen MR) is 60.5 cm³/mol. The van der Waals surface area contributed by atoms with E-state index in [-0.39, 0.29) is 18.4 Å². The Balaban J connectivity index is 2.29. The van der Waals surface area contributed by atoms with E-state index < -0.39 is 0 Å².